The van der Waals surface area contributed by atoms with Crippen molar-refractivity contribution in [3.8, 4) is 11.5 Å². The SMILES string of the molecule is COc1ccc(NC2=CC(=O)CC2)cc1OC1CCCCC1. The molecular weight excluding hydrogens is 278 g/mol. The standard InChI is InChI=1S/C18H23NO3/c1-21-17-10-8-14(19-13-7-9-15(20)11-13)12-18(17)22-16-5-3-2-4-6-16/h8,10-12,16,19H,2-7,9H2,1H3. The highest BCUT2D eigenvalue weighted by atomic mass is 16.5. The van der Waals surface area contributed by atoms with E-state index in [-0.39, 0.29) is 11.9 Å². The van der Waals surface area contributed by atoms with Crippen LogP contribution in [0.2, 0.25) is 0 Å². The lowest BCUT2D eigenvalue weighted by molar-refractivity contribution is -0.114. The Bertz CT molecular complexity index is 574. The summed E-state index contributed by atoms with van der Waals surface area (Å²) in [5, 5.41) is 3.30. The molecule has 2 aliphatic carbocycles. The molecule has 1 N–H and O–H groups in total. The Morgan fingerprint density at radius 1 is 1.09 bits per heavy atom. The highest BCUT2D eigenvalue weighted by Gasteiger charge is 2.18. The Morgan fingerprint density at radius 2 is 1.91 bits per heavy atom. The molecule has 2 aliphatic rings. The minimum Gasteiger partial charge on any atom is -0.493 e. The van der Waals surface area contributed by atoms with Crippen LogP contribution < -0.4 is 14.8 Å². The van der Waals surface area contributed by atoms with Crippen LogP contribution >= 0.6 is 0 Å². The normalized spacial score (nSPS) is 19.0. The van der Waals surface area contributed by atoms with Gasteiger partial charge in [-0.3, -0.25) is 4.79 Å². The smallest absolute Gasteiger partial charge is 0.163 e. The van der Waals surface area contributed by atoms with Crippen molar-refractivity contribution in [3.63, 3.8) is 0 Å². The number of ketones is 1. The maximum absolute atomic E-state index is 11.3. The quantitative estimate of drug-likeness (QED) is 0.890. The summed E-state index contributed by atoms with van der Waals surface area (Å²) in [7, 11) is 1.66. The van der Waals surface area contributed by atoms with Crippen molar-refractivity contribution in [1.82, 2.24) is 0 Å². The summed E-state index contributed by atoms with van der Waals surface area (Å²) < 4.78 is 11.6. The molecule has 0 aromatic heterocycles. The highest BCUT2D eigenvalue weighted by Crippen LogP contribution is 2.34. The fraction of sp³-hybridized carbons (Fsp3) is 0.500. The molecule has 0 saturated heterocycles. The van der Waals surface area contributed by atoms with E-state index in [2.05, 4.69) is 5.32 Å². The zero-order valence-corrected chi connectivity index (χ0v) is 13.1. The van der Waals surface area contributed by atoms with Crippen molar-refractivity contribution in [2.75, 3.05) is 12.4 Å². The number of methoxy groups -OCH3 is 1. The second kappa shape index (κ2) is 6.86. The number of anilines is 1. The predicted octanol–water partition coefficient (Wildman–Crippen LogP) is 4.07. The number of ether oxygens (including phenoxy) is 2. The zero-order chi connectivity index (χ0) is 15.4. The Labute approximate surface area is 131 Å². The third kappa shape index (κ3) is 3.62. The van der Waals surface area contributed by atoms with Crippen molar-refractivity contribution in [2.45, 2.75) is 51.0 Å². The molecule has 0 heterocycles. The van der Waals surface area contributed by atoms with Crippen LogP contribution in [0.15, 0.2) is 30.0 Å². The van der Waals surface area contributed by atoms with Gasteiger partial charge >= 0.3 is 0 Å². The number of benzene rings is 1. The van der Waals surface area contributed by atoms with Crippen molar-refractivity contribution in [2.24, 2.45) is 0 Å². The van der Waals surface area contributed by atoms with Gasteiger partial charge in [0.05, 0.1) is 13.2 Å². The summed E-state index contributed by atoms with van der Waals surface area (Å²) >= 11 is 0. The lowest BCUT2D eigenvalue weighted by Gasteiger charge is -2.24. The van der Waals surface area contributed by atoms with Crippen LogP contribution in [0.3, 0.4) is 0 Å². The predicted molar refractivity (Wildman–Crippen MR) is 86.4 cm³/mol. The first-order valence-electron chi connectivity index (χ1n) is 8.10. The highest BCUT2D eigenvalue weighted by molar-refractivity contribution is 5.93. The van der Waals surface area contributed by atoms with E-state index in [1.807, 2.05) is 18.2 Å². The average Bonchev–Trinajstić information content (AvgIpc) is 2.94. The summed E-state index contributed by atoms with van der Waals surface area (Å²) in [6.45, 7) is 0. The maximum Gasteiger partial charge on any atom is 0.163 e. The van der Waals surface area contributed by atoms with Gasteiger partial charge in [-0.1, -0.05) is 6.42 Å². The van der Waals surface area contributed by atoms with Gasteiger partial charge in [-0.25, -0.2) is 0 Å². The van der Waals surface area contributed by atoms with Crippen molar-refractivity contribution < 1.29 is 14.3 Å². The van der Waals surface area contributed by atoms with Gasteiger partial charge in [-0.2, -0.15) is 0 Å². The monoisotopic (exact) mass is 301 g/mol. The van der Waals surface area contributed by atoms with E-state index < -0.39 is 0 Å². The summed E-state index contributed by atoms with van der Waals surface area (Å²) in [6.07, 6.45) is 9.35. The van der Waals surface area contributed by atoms with Crippen LogP contribution in [-0.4, -0.2) is 19.0 Å². The van der Waals surface area contributed by atoms with Gasteiger partial charge in [0.15, 0.2) is 17.3 Å². The van der Waals surface area contributed by atoms with Gasteiger partial charge in [0, 0.05) is 29.9 Å². The fourth-order valence-electron chi connectivity index (χ4n) is 3.09. The lowest BCUT2D eigenvalue weighted by Crippen LogP contribution is -2.20. The number of allylic oxidation sites excluding steroid dienone is 2. The summed E-state index contributed by atoms with van der Waals surface area (Å²) in [6, 6.07) is 5.84. The first kappa shape index (κ1) is 14.9. The van der Waals surface area contributed by atoms with Gasteiger partial charge in [0.1, 0.15) is 0 Å². The van der Waals surface area contributed by atoms with Gasteiger partial charge in [0.2, 0.25) is 0 Å². The van der Waals surface area contributed by atoms with E-state index in [4.69, 9.17) is 9.47 Å². The molecule has 0 amide bonds. The molecule has 0 radical (unpaired) electrons. The molecule has 4 nitrogen and oxygen atoms in total. The number of hydrogen-bond acceptors (Lipinski definition) is 4. The van der Waals surface area contributed by atoms with Gasteiger partial charge in [-0.05, 0) is 44.2 Å². The molecule has 1 saturated carbocycles. The van der Waals surface area contributed by atoms with Gasteiger partial charge in [-0.15, -0.1) is 0 Å². The summed E-state index contributed by atoms with van der Waals surface area (Å²) in [5.74, 6) is 1.73. The summed E-state index contributed by atoms with van der Waals surface area (Å²) in [5.41, 5.74) is 1.91. The number of carbonyl (C=O) groups excluding carboxylic acids is 1. The molecule has 118 valence electrons. The third-order valence-electron chi connectivity index (χ3n) is 4.29. The van der Waals surface area contributed by atoms with Crippen LogP contribution in [0.25, 0.3) is 0 Å². The number of rotatable bonds is 5. The molecule has 1 fully saturated rings. The third-order valence-corrected chi connectivity index (χ3v) is 4.29. The molecule has 1 aromatic rings. The largest absolute Gasteiger partial charge is 0.493 e. The van der Waals surface area contributed by atoms with E-state index in [0.29, 0.717) is 6.42 Å². The van der Waals surface area contributed by atoms with E-state index in [0.717, 1.165) is 42.1 Å². The number of nitrogens with one attached hydrogen (secondary N) is 1. The Hall–Kier alpha value is -1.97. The van der Waals surface area contributed by atoms with Crippen molar-refractivity contribution in [3.05, 3.63) is 30.0 Å². The molecule has 0 atom stereocenters. The minimum absolute atomic E-state index is 0.190. The second-order valence-corrected chi connectivity index (χ2v) is 6.00. The molecule has 22 heavy (non-hydrogen) atoms. The Balaban J connectivity index is 1.73. The minimum atomic E-state index is 0.190. The fourth-order valence-corrected chi connectivity index (χ4v) is 3.09. The molecule has 1 aromatic carbocycles. The van der Waals surface area contributed by atoms with Crippen LogP contribution in [0.5, 0.6) is 11.5 Å². The van der Waals surface area contributed by atoms with E-state index in [1.54, 1.807) is 13.2 Å². The van der Waals surface area contributed by atoms with E-state index >= 15 is 0 Å². The van der Waals surface area contributed by atoms with Gasteiger partial charge in [0.25, 0.3) is 0 Å². The Kier molecular flexibility index (Phi) is 4.66. The average molecular weight is 301 g/mol. The first-order valence-corrected chi connectivity index (χ1v) is 8.10. The van der Waals surface area contributed by atoms with Crippen molar-refractivity contribution >= 4 is 11.5 Å². The number of carbonyl (C=O) groups is 1. The molecule has 4 heteroatoms. The number of hydrogen-bond donors (Lipinski definition) is 1. The van der Waals surface area contributed by atoms with Crippen molar-refractivity contribution in [1.29, 1.82) is 0 Å². The van der Waals surface area contributed by atoms with Crippen LogP contribution in [0.4, 0.5) is 5.69 Å². The van der Waals surface area contributed by atoms with E-state index in [1.165, 1.54) is 19.3 Å². The maximum atomic E-state index is 11.3. The molecule has 0 aliphatic heterocycles. The van der Waals surface area contributed by atoms with Crippen LogP contribution in [0.1, 0.15) is 44.9 Å². The summed E-state index contributed by atoms with van der Waals surface area (Å²) in [4.78, 5) is 11.3. The van der Waals surface area contributed by atoms with E-state index in [9.17, 15) is 4.79 Å². The van der Waals surface area contributed by atoms with Crippen LogP contribution in [0, 0.1) is 0 Å². The topological polar surface area (TPSA) is 47.6 Å². The molecule has 0 spiro atoms. The lowest BCUT2D eigenvalue weighted by atomic mass is 9.98. The van der Waals surface area contributed by atoms with Crippen LogP contribution in [-0.2, 0) is 4.79 Å². The zero-order valence-electron chi connectivity index (χ0n) is 13.1. The molecule has 0 bridgehead atoms. The Morgan fingerprint density at radius 3 is 2.59 bits per heavy atom. The molecule has 0 unspecified atom stereocenters. The second-order valence-electron chi connectivity index (χ2n) is 6.00. The van der Waals surface area contributed by atoms with Gasteiger partial charge < -0.3 is 14.8 Å². The first-order chi connectivity index (χ1) is 10.7. The molecule has 3 rings (SSSR count). The molecular formula is C18H23NO3.